The Morgan fingerprint density at radius 3 is 2.61 bits per heavy atom. The zero-order valence-electron chi connectivity index (χ0n) is 15.7. The first kappa shape index (κ1) is 17.6. The topological polar surface area (TPSA) is 64.7 Å². The number of nitrogens with one attached hydrogen (secondary N) is 1. The zero-order chi connectivity index (χ0) is 19.5. The molecular formula is C22H19N5O. The highest BCUT2D eigenvalue weighted by atomic mass is 16.1. The van der Waals surface area contributed by atoms with Crippen LogP contribution in [0.1, 0.15) is 23.9 Å². The minimum atomic E-state index is -0.165. The van der Waals surface area contributed by atoms with Crippen LogP contribution >= 0.6 is 0 Å². The van der Waals surface area contributed by atoms with Gasteiger partial charge in [0.1, 0.15) is 5.82 Å². The molecule has 1 N–H and O–H groups in total. The van der Waals surface area contributed by atoms with E-state index in [-0.39, 0.29) is 5.56 Å². The number of aromatic nitrogens is 4. The third-order valence-corrected chi connectivity index (χ3v) is 4.34. The van der Waals surface area contributed by atoms with Crippen molar-refractivity contribution in [3.63, 3.8) is 0 Å². The van der Waals surface area contributed by atoms with Crippen LogP contribution in [0.25, 0.3) is 10.9 Å². The van der Waals surface area contributed by atoms with Gasteiger partial charge in [0.15, 0.2) is 0 Å². The van der Waals surface area contributed by atoms with E-state index in [1.54, 1.807) is 10.9 Å². The molecule has 4 rings (SSSR count). The van der Waals surface area contributed by atoms with Gasteiger partial charge in [0.05, 0.1) is 28.4 Å². The van der Waals surface area contributed by atoms with E-state index in [0.717, 1.165) is 11.3 Å². The number of nitrogens with zero attached hydrogens (tertiary/aromatic N) is 4. The summed E-state index contributed by atoms with van der Waals surface area (Å²) < 4.78 is 3.20. The van der Waals surface area contributed by atoms with Crippen LogP contribution < -0.4 is 11.0 Å². The van der Waals surface area contributed by atoms with E-state index >= 15 is 0 Å². The van der Waals surface area contributed by atoms with Crippen molar-refractivity contribution in [3.8, 4) is 11.8 Å². The number of anilines is 1. The number of benzene rings is 2. The van der Waals surface area contributed by atoms with Crippen molar-refractivity contribution >= 4 is 16.6 Å². The fourth-order valence-corrected chi connectivity index (χ4v) is 3.00. The van der Waals surface area contributed by atoms with E-state index in [2.05, 4.69) is 27.3 Å². The molecule has 0 radical (unpaired) electrons. The van der Waals surface area contributed by atoms with Gasteiger partial charge in [-0.05, 0) is 24.3 Å². The van der Waals surface area contributed by atoms with E-state index in [1.807, 2.05) is 68.7 Å². The van der Waals surface area contributed by atoms with Gasteiger partial charge in [-0.3, -0.25) is 14.9 Å². The molecule has 0 amide bonds. The van der Waals surface area contributed by atoms with Crippen LogP contribution in [0.3, 0.4) is 0 Å². The van der Waals surface area contributed by atoms with Crippen LogP contribution in [0.5, 0.6) is 0 Å². The van der Waals surface area contributed by atoms with Crippen molar-refractivity contribution in [2.45, 2.75) is 13.3 Å². The Morgan fingerprint density at radius 2 is 1.89 bits per heavy atom. The molecule has 0 bridgehead atoms. The Hall–Kier alpha value is -3.85. The number of hydrogen-bond acceptors (Lipinski definition) is 4. The molecule has 0 saturated heterocycles. The van der Waals surface area contributed by atoms with Crippen LogP contribution in [0, 0.1) is 11.8 Å². The summed E-state index contributed by atoms with van der Waals surface area (Å²) in [6.07, 6.45) is 4.15. The zero-order valence-corrected chi connectivity index (χ0v) is 15.7. The summed E-state index contributed by atoms with van der Waals surface area (Å²) in [5.41, 5.74) is 5.90. The SMILES string of the molecule is CCc1nc2cccc(C#Cc3cnn(C)c3)c2c(=O)n1Nc1ccccc1. The van der Waals surface area contributed by atoms with E-state index in [1.165, 1.54) is 4.68 Å². The van der Waals surface area contributed by atoms with Crippen molar-refractivity contribution in [3.05, 3.63) is 88.2 Å². The fraction of sp³-hybridized carbons (Fsp3) is 0.136. The highest BCUT2D eigenvalue weighted by Gasteiger charge is 2.12. The molecule has 0 fully saturated rings. The maximum atomic E-state index is 13.3. The lowest BCUT2D eigenvalue weighted by molar-refractivity contribution is 0.767. The van der Waals surface area contributed by atoms with Gasteiger partial charge in [0.25, 0.3) is 5.56 Å². The molecular weight excluding hydrogens is 350 g/mol. The minimum absolute atomic E-state index is 0.165. The number of aryl methyl sites for hydroxylation is 2. The second kappa shape index (κ2) is 7.41. The molecule has 6 heteroatoms. The molecule has 2 aromatic heterocycles. The predicted octanol–water partition coefficient (Wildman–Crippen LogP) is 2.97. The van der Waals surface area contributed by atoms with Gasteiger partial charge in [0.2, 0.25) is 0 Å². The molecule has 0 aliphatic carbocycles. The highest BCUT2D eigenvalue weighted by molar-refractivity contribution is 5.84. The molecule has 0 aliphatic rings. The maximum Gasteiger partial charge on any atom is 0.281 e. The fourth-order valence-electron chi connectivity index (χ4n) is 3.00. The van der Waals surface area contributed by atoms with Crippen LogP contribution in [0.15, 0.2) is 65.7 Å². The van der Waals surface area contributed by atoms with Crippen molar-refractivity contribution in [1.29, 1.82) is 0 Å². The molecule has 138 valence electrons. The Balaban J connectivity index is 1.88. The Kier molecular flexibility index (Phi) is 4.65. The lowest BCUT2D eigenvalue weighted by Crippen LogP contribution is -2.31. The molecule has 6 nitrogen and oxygen atoms in total. The summed E-state index contributed by atoms with van der Waals surface area (Å²) in [5, 5.41) is 4.62. The van der Waals surface area contributed by atoms with Gasteiger partial charge in [0, 0.05) is 25.2 Å². The monoisotopic (exact) mass is 369 g/mol. The Bertz CT molecular complexity index is 1260. The van der Waals surface area contributed by atoms with Gasteiger partial charge >= 0.3 is 0 Å². The van der Waals surface area contributed by atoms with Crippen molar-refractivity contribution in [1.82, 2.24) is 19.4 Å². The molecule has 2 aromatic carbocycles. The quantitative estimate of drug-likeness (QED) is 0.564. The molecule has 0 saturated carbocycles. The summed E-state index contributed by atoms with van der Waals surface area (Å²) in [6.45, 7) is 1.98. The normalized spacial score (nSPS) is 10.5. The summed E-state index contributed by atoms with van der Waals surface area (Å²) in [4.78, 5) is 18.0. The lowest BCUT2D eigenvalue weighted by atomic mass is 10.1. The van der Waals surface area contributed by atoms with Crippen LogP contribution in [-0.2, 0) is 13.5 Å². The largest absolute Gasteiger partial charge is 0.290 e. The van der Waals surface area contributed by atoms with Gasteiger partial charge in [-0.1, -0.05) is 43.0 Å². The number of fused-ring (bicyclic) bond motifs is 1. The summed E-state index contributed by atoms with van der Waals surface area (Å²) in [5.74, 6) is 6.84. The number of hydrogen-bond donors (Lipinski definition) is 1. The molecule has 0 spiro atoms. The molecule has 2 heterocycles. The molecule has 28 heavy (non-hydrogen) atoms. The molecule has 0 aliphatic heterocycles. The average Bonchev–Trinajstić information content (AvgIpc) is 3.14. The first-order chi connectivity index (χ1) is 13.7. The van der Waals surface area contributed by atoms with Crippen molar-refractivity contribution in [2.75, 3.05) is 5.43 Å². The molecule has 0 atom stereocenters. The van der Waals surface area contributed by atoms with Crippen molar-refractivity contribution < 1.29 is 0 Å². The Labute approximate surface area is 162 Å². The van der Waals surface area contributed by atoms with Crippen LogP contribution in [-0.4, -0.2) is 19.4 Å². The maximum absolute atomic E-state index is 13.3. The second-order valence-corrected chi connectivity index (χ2v) is 6.35. The van der Waals surface area contributed by atoms with E-state index in [0.29, 0.717) is 28.7 Å². The third-order valence-electron chi connectivity index (χ3n) is 4.34. The van der Waals surface area contributed by atoms with E-state index in [4.69, 9.17) is 0 Å². The van der Waals surface area contributed by atoms with Gasteiger partial charge < -0.3 is 0 Å². The smallest absolute Gasteiger partial charge is 0.281 e. The number of rotatable bonds is 3. The summed E-state index contributed by atoms with van der Waals surface area (Å²) in [7, 11) is 1.84. The molecule has 0 unspecified atom stereocenters. The van der Waals surface area contributed by atoms with Crippen molar-refractivity contribution in [2.24, 2.45) is 7.05 Å². The first-order valence-corrected chi connectivity index (χ1v) is 9.03. The Morgan fingerprint density at radius 1 is 1.07 bits per heavy atom. The third kappa shape index (κ3) is 3.38. The van der Waals surface area contributed by atoms with E-state index < -0.39 is 0 Å². The lowest BCUT2D eigenvalue weighted by Gasteiger charge is -2.15. The van der Waals surface area contributed by atoms with E-state index in [9.17, 15) is 4.79 Å². The number of para-hydroxylation sites is 1. The van der Waals surface area contributed by atoms with Gasteiger partial charge in [-0.25, -0.2) is 9.66 Å². The first-order valence-electron chi connectivity index (χ1n) is 9.03. The molecule has 4 aromatic rings. The van der Waals surface area contributed by atoms with Gasteiger partial charge in [-0.2, -0.15) is 5.10 Å². The average molecular weight is 369 g/mol. The summed E-state index contributed by atoms with van der Waals surface area (Å²) in [6, 6.07) is 15.1. The second-order valence-electron chi connectivity index (χ2n) is 6.35. The van der Waals surface area contributed by atoms with Crippen LogP contribution in [0.2, 0.25) is 0 Å². The summed E-state index contributed by atoms with van der Waals surface area (Å²) >= 11 is 0. The van der Waals surface area contributed by atoms with Gasteiger partial charge in [-0.15, -0.1) is 0 Å². The minimum Gasteiger partial charge on any atom is -0.290 e. The van der Waals surface area contributed by atoms with Crippen LogP contribution in [0.4, 0.5) is 5.69 Å². The highest BCUT2D eigenvalue weighted by Crippen LogP contribution is 2.15. The standard InChI is InChI=1S/C22H19N5O/c1-3-20-24-19-11-7-8-17(13-12-16-14-23-26(2)15-16)21(19)22(28)27(20)25-18-9-5-4-6-10-18/h4-11,14-15,25H,3H2,1-2H3. The predicted molar refractivity (Wildman–Crippen MR) is 110 cm³/mol.